The van der Waals surface area contributed by atoms with Crippen LogP contribution in [0.15, 0.2) is 170 Å². The van der Waals surface area contributed by atoms with Crippen molar-refractivity contribution >= 4 is 5.69 Å². The van der Waals surface area contributed by atoms with Crippen LogP contribution in [0.2, 0.25) is 0 Å². The predicted octanol–water partition coefficient (Wildman–Crippen LogP) is 13.7. The van der Waals surface area contributed by atoms with Gasteiger partial charge < -0.3 is 0 Å². The van der Waals surface area contributed by atoms with Gasteiger partial charge in [0, 0.05) is 22.1 Å². The molecule has 0 amide bonds. The van der Waals surface area contributed by atoms with Crippen LogP contribution in [0, 0.1) is 6.57 Å². The largest absolute Gasteiger partial charge is 0.238 e. The molecule has 0 bridgehead atoms. The summed E-state index contributed by atoms with van der Waals surface area (Å²) in [5, 5.41) is 0. The van der Waals surface area contributed by atoms with E-state index >= 15 is 0 Å². The van der Waals surface area contributed by atoms with Crippen LogP contribution in [0.3, 0.4) is 0 Å². The number of rotatable bonds is 6. The summed E-state index contributed by atoms with van der Waals surface area (Å²) in [6.45, 7) is 7.63. The Kier molecular flexibility index (Phi) is 8.42. The van der Waals surface area contributed by atoms with Gasteiger partial charge in [0.1, 0.15) is 0 Å². The van der Waals surface area contributed by atoms with Gasteiger partial charge in [0.2, 0.25) is 0 Å². The number of aromatic nitrogens is 3. The van der Waals surface area contributed by atoms with Crippen LogP contribution in [-0.4, -0.2) is 15.0 Å². The van der Waals surface area contributed by atoms with Crippen LogP contribution in [0.25, 0.3) is 83.5 Å². The van der Waals surface area contributed by atoms with Crippen LogP contribution >= 0.6 is 0 Å². The molecular weight excluding hydrogens is 681 g/mol. The Morgan fingerprint density at radius 1 is 0.375 bits per heavy atom. The van der Waals surface area contributed by atoms with Crippen molar-refractivity contribution in [1.82, 2.24) is 15.0 Å². The van der Waals surface area contributed by atoms with Gasteiger partial charge in [-0.2, -0.15) is 0 Å². The van der Waals surface area contributed by atoms with Gasteiger partial charge in [0.15, 0.2) is 23.2 Å². The van der Waals surface area contributed by atoms with Gasteiger partial charge in [-0.1, -0.05) is 171 Å². The van der Waals surface area contributed by atoms with E-state index in [0.717, 1.165) is 33.5 Å². The molecule has 8 aromatic rings. The smallest absolute Gasteiger partial charge is 0.187 e. The third kappa shape index (κ3) is 5.99. The van der Waals surface area contributed by atoms with Crippen LogP contribution in [0.5, 0.6) is 0 Å². The summed E-state index contributed by atoms with van der Waals surface area (Å²) < 4.78 is 0. The summed E-state index contributed by atoms with van der Waals surface area (Å²) in [5.41, 5.74) is 16.2. The third-order valence-electron chi connectivity index (χ3n) is 11.8. The number of fused-ring (bicyclic) bond motifs is 5. The Hall–Kier alpha value is -6.96. The second-order valence-corrected chi connectivity index (χ2v) is 15.0. The Labute approximate surface area is 328 Å². The summed E-state index contributed by atoms with van der Waals surface area (Å²) in [5.74, 6) is 1.96. The zero-order chi connectivity index (χ0) is 37.5. The van der Waals surface area contributed by atoms with Crippen molar-refractivity contribution in [3.8, 4) is 78.7 Å². The molecule has 2 aliphatic carbocycles. The number of nitrogens with zero attached hydrogens (tertiary/aromatic N) is 4. The molecule has 7 aromatic carbocycles. The van der Waals surface area contributed by atoms with E-state index in [2.05, 4.69) is 108 Å². The number of hydrogen-bond donors (Lipinski definition) is 0. The second-order valence-electron chi connectivity index (χ2n) is 15.0. The molecule has 0 N–H and O–H groups in total. The molecule has 0 atom stereocenters. The first-order valence-corrected chi connectivity index (χ1v) is 19.5. The zero-order valence-electron chi connectivity index (χ0n) is 31.0. The minimum absolute atomic E-state index is 0.0483. The molecule has 0 radical (unpaired) electrons. The summed E-state index contributed by atoms with van der Waals surface area (Å²) in [7, 11) is 0. The highest BCUT2D eigenvalue weighted by atomic mass is 15.0. The molecule has 4 nitrogen and oxygen atoms in total. The van der Waals surface area contributed by atoms with Gasteiger partial charge in [-0.15, -0.1) is 0 Å². The fraction of sp³-hybridized carbons (Fsp3) is 0.115. The van der Waals surface area contributed by atoms with E-state index in [1.165, 1.54) is 76.6 Å². The van der Waals surface area contributed by atoms with E-state index < -0.39 is 0 Å². The molecule has 1 spiro atoms. The van der Waals surface area contributed by atoms with Crippen molar-refractivity contribution in [2.75, 3.05) is 0 Å². The summed E-state index contributed by atoms with van der Waals surface area (Å²) >= 11 is 0. The molecule has 266 valence electrons. The van der Waals surface area contributed by atoms with Crippen LogP contribution in [0.1, 0.15) is 43.2 Å². The molecule has 4 heteroatoms. The molecule has 2 aliphatic rings. The molecule has 1 heterocycles. The minimum atomic E-state index is 0.0483. The second kappa shape index (κ2) is 14.0. The quantitative estimate of drug-likeness (QED) is 0.161. The predicted molar refractivity (Wildman–Crippen MR) is 228 cm³/mol. The Morgan fingerprint density at radius 2 is 0.839 bits per heavy atom. The molecule has 56 heavy (non-hydrogen) atoms. The van der Waals surface area contributed by atoms with Crippen molar-refractivity contribution in [3.05, 3.63) is 192 Å². The summed E-state index contributed by atoms with van der Waals surface area (Å²) in [6, 6.07) is 59.8. The maximum atomic E-state index is 7.63. The van der Waals surface area contributed by atoms with Crippen molar-refractivity contribution < 1.29 is 0 Å². The standard InChI is InChI=1S/C52H38N4/c1-53-44-27-29-47-46(34-44)45-28-26-43(33-48(45)52(47)30-9-4-10-31-52)42-17-11-16-41(32-42)37-20-18-35(19-21-37)36-22-24-40(25-23-36)51-55-49(38-12-5-2-6-13-38)54-50(56-51)39-14-7-3-8-15-39/h2-3,5-8,11-29,32-34H,4,9-10,30-31H2. The lowest BCUT2D eigenvalue weighted by Crippen LogP contribution is -2.28. The lowest BCUT2D eigenvalue weighted by Gasteiger charge is -2.36. The first-order chi connectivity index (χ1) is 27.6. The highest BCUT2D eigenvalue weighted by molar-refractivity contribution is 5.86. The molecule has 0 saturated heterocycles. The zero-order valence-corrected chi connectivity index (χ0v) is 31.0. The van der Waals surface area contributed by atoms with Crippen molar-refractivity contribution in [1.29, 1.82) is 0 Å². The van der Waals surface area contributed by atoms with E-state index in [1.54, 1.807) is 0 Å². The van der Waals surface area contributed by atoms with E-state index in [4.69, 9.17) is 21.5 Å². The van der Waals surface area contributed by atoms with Crippen molar-refractivity contribution in [2.45, 2.75) is 37.5 Å². The first-order valence-electron chi connectivity index (χ1n) is 19.5. The summed E-state index contributed by atoms with van der Waals surface area (Å²) in [6.07, 6.45) is 6.13. The molecule has 0 unspecified atom stereocenters. The van der Waals surface area contributed by atoms with Crippen LogP contribution in [0.4, 0.5) is 5.69 Å². The van der Waals surface area contributed by atoms with Crippen molar-refractivity contribution in [2.24, 2.45) is 0 Å². The highest BCUT2D eigenvalue weighted by Gasteiger charge is 2.43. The van der Waals surface area contributed by atoms with Crippen LogP contribution < -0.4 is 0 Å². The molecule has 1 aromatic heterocycles. The van der Waals surface area contributed by atoms with Crippen molar-refractivity contribution in [3.63, 3.8) is 0 Å². The Morgan fingerprint density at radius 3 is 1.41 bits per heavy atom. The van der Waals surface area contributed by atoms with E-state index in [9.17, 15) is 0 Å². The fourth-order valence-corrected chi connectivity index (χ4v) is 8.92. The molecule has 1 fully saturated rings. The topological polar surface area (TPSA) is 43.0 Å². The highest BCUT2D eigenvalue weighted by Crippen LogP contribution is 2.57. The number of hydrogen-bond acceptors (Lipinski definition) is 3. The third-order valence-corrected chi connectivity index (χ3v) is 11.8. The lowest BCUT2D eigenvalue weighted by atomic mass is 9.67. The minimum Gasteiger partial charge on any atom is -0.238 e. The molecular formula is C52H38N4. The summed E-state index contributed by atoms with van der Waals surface area (Å²) in [4.78, 5) is 18.4. The first kappa shape index (κ1) is 33.6. The van der Waals surface area contributed by atoms with Crippen LogP contribution in [-0.2, 0) is 5.41 Å². The van der Waals surface area contributed by atoms with E-state index in [1.807, 2.05) is 66.7 Å². The van der Waals surface area contributed by atoms with E-state index in [-0.39, 0.29) is 5.41 Å². The van der Waals surface area contributed by atoms with Gasteiger partial charge in [-0.3, -0.25) is 0 Å². The monoisotopic (exact) mass is 718 g/mol. The van der Waals surface area contributed by atoms with Gasteiger partial charge in [-0.25, -0.2) is 19.8 Å². The van der Waals surface area contributed by atoms with Gasteiger partial charge in [0.25, 0.3) is 0 Å². The van der Waals surface area contributed by atoms with Gasteiger partial charge in [0.05, 0.1) is 6.57 Å². The average Bonchev–Trinajstić information content (AvgIpc) is 3.54. The molecule has 10 rings (SSSR count). The maximum Gasteiger partial charge on any atom is 0.187 e. The Bertz CT molecular complexity index is 2700. The van der Waals surface area contributed by atoms with Gasteiger partial charge in [-0.05, 0) is 86.7 Å². The average molecular weight is 719 g/mol. The van der Waals surface area contributed by atoms with E-state index in [0.29, 0.717) is 17.5 Å². The SMILES string of the molecule is [C-]#[N+]c1ccc2c(c1)-c1ccc(-c3cccc(-c4ccc(-c5ccc(-c6nc(-c7ccccc7)nc(-c7ccccc7)n6)cc5)cc4)c3)cc1C21CCCCC1. The Balaban J connectivity index is 0.926. The lowest BCUT2D eigenvalue weighted by molar-refractivity contribution is 0.353. The van der Waals surface area contributed by atoms with Gasteiger partial charge >= 0.3 is 0 Å². The number of benzene rings is 7. The normalized spacial score (nSPS) is 13.8. The molecule has 0 aliphatic heterocycles. The fourth-order valence-electron chi connectivity index (χ4n) is 8.92. The maximum absolute atomic E-state index is 7.63. The molecule has 1 saturated carbocycles.